The van der Waals surface area contributed by atoms with Crippen LogP contribution in [0.5, 0.6) is 5.75 Å². The summed E-state index contributed by atoms with van der Waals surface area (Å²) in [5.74, 6) is -0.826. The summed E-state index contributed by atoms with van der Waals surface area (Å²) in [6.45, 7) is 4.05. The van der Waals surface area contributed by atoms with Crippen LogP contribution in [0, 0.1) is 0 Å². The Kier molecular flexibility index (Phi) is 7.58. The molecule has 7 heteroatoms. The van der Waals surface area contributed by atoms with Crippen molar-refractivity contribution < 1.29 is 28.6 Å². The van der Waals surface area contributed by atoms with Crippen LogP contribution in [0.25, 0.3) is 0 Å². The minimum atomic E-state index is -0.594. The number of methoxy groups -OCH3 is 2. The second-order valence-electron chi connectivity index (χ2n) is 9.01. The topological polar surface area (TPSA) is 90.9 Å². The fourth-order valence-corrected chi connectivity index (χ4v) is 5.07. The van der Waals surface area contributed by atoms with Crippen LogP contribution in [-0.2, 0) is 19.1 Å². The number of hydrogen-bond donors (Lipinski definition) is 1. The first-order valence-electron chi connectivity index (χ1n) is 12.1. The number of benzene rings is 2. The molecular formula is C29H31NO6. The number of ketones is 1. The predicted molar refractivity (Wildman–Crippen MR) is 135 cm³/mol. The summed E-state index contributed by atoms with van der Waals surface area (Å²) < 4.78 is 15.9. The molecule has 1 aliphatic heterocycles. The lowest BCUT2D eigenvalue weighted by Gasteiger charge is -2.37. The molecule has 0 saturated heterocycles. The highest BCUT2D eigenvalue weighted by Crippen LogP contribution is 2.46. The van der Waals surface area contributed by atoms with Gasteiger partial charge in [0.25, 0.3) is 0 Å². The normalized spacial score (nSPS) is 19.4. The van der Waals surface area contributed by atoms with Crippen molar-refractivity contribution >= 4 is 17.7 Å². The van der Waals surface area contributed by atoms with Crippen LogP contribution in [0.4, 0.5) is 0 Å². The zero-order valence-electron chi connectivity index (χ0n) is 21.1. The van der Waals surface area contributed by atoms with E-state index in [9.17, 15) is 14.4 Å². The van der Waals surface area contributed by atoms with E-state index >= 15 is 0 Å². The van der Waals surface area contributed by atoms with Gasteiger partial charge < -0.3 is 19.5 Å². The molecule has 0 fully saturated rings. The Hall–Kier alpha value is -3.87. The van der Waals surface area contributed by atoms with Gasteiger partial charge in [0, 0.05) is 35.2 Å². The van der Waals surface area contributed by atoms with E-state index in [1.165, 1.54) is 7.11 Å². The summed E-state index contributed by atoms with van der Waals surface area (Å²) in [5.41, 5.74) is 4.56. The second kappa shape index (κ2) is 10.8. The average Bonchev–Trinajstić information content (AvgIpc) is 2.90. The van der Waals surface area contributed by atoms with Gasteiger partial charge in [-0.3, -0.25) is 4.79 Å². The number of carbonyl (C=O) groups excluding carboxylic acids is 3. The first-order valence-corrected chi connectivity index (χ1v) is 12.1. The van der Waals surface area contributed by atoms with Gasteiger partial charge >= 0.3 is 11.9 Å². The van der Waals surface area contributed by atoms with Gasteiger partial charge in [-0.2, -0.15) is 0 Å². The van der Waals surface area contributed by atoms with Crippen LogP contribution in [0.1, 0.15) is 66.4 Å². The molecule has 1 heterocycles. The molecule has 0 radical (unpaired) electrons. The van der Waals surface area contributed by atoms with Crippen LogP contribution < -0.4 is 10.1 Å². The number of rotatable bonds is 7. The van der Waals surface area contributed by atoms with Gasteiger partial charge in [-0.15, -0.1) is 0 Å². The van der Waals surface area contributed by atoms with Crippen molar-refractivity contribution in [1.29, 1.82) is 0 Å². The highest BCUT2D eigenvalue weighted by atomic mass is 16.5. The monoisotopic (exact) mass is 489 g/mol. The highest BCUT2D eigenvalue weighted by Gasteiger charge is 2.41. The lowest BCUT2D eigenvalue weighted by atomic mass is 9.71. The Balaban J connectivity index is 1.78. The molecule has 0 amide bonds. The zero-order chi connectivity index (χ0) is 25.8. The molecule has 0 saturated carbocycles. The molecule has 2 aromatic rings. The Morgan fingerprint density at radius 2 is 1.72 bits per heavy atom. The van der Waals surface area contributed by atoms with Crippen molar-refractivity contribution in [1.82, 2.24) is 5.32 Å². The molecule has 2 atom stereocenters. The minimum absolute atomic E-state index is 0.0324. The fraction of sp³-hybridized carbons (Fsp3) is 0.345. The Morgan fingerprint density at radius 1 is 1.00 bits per heavy atom. The summed E-state index contributed by atoms with van der Waals surface area (Å²) in [5, 5.41) is 3.35. The van der Waals surface area contributed by atoms with Crippen molar-refractivity contribution in [3.8, 4) is 5.75 Å². The van der Waals surface area contributed by atoms with Gasteiger partial charge in [-0.05, 0) is 49.1 Å². The molecule has 0 spiro atoms. The van der Waals surface area contributed by atoms with E-state index in [4.69, 9.17) is 14.2 Å². The average molecular weight is 490 g/mol. The number of dihydropyridines is 1. The number of ether oxygens (including phenoxy) is 3. The van der Waals surface area contributed by atoms with Gasteiger partial charge in [0.2, 0.25) is 0 Å². The lowest BCUT2D eigenvalue weighted by Crippen LogP contribution is -2.36. The number of Topliss-reactive ketones (excluding diaryl/α,β-unsaturated/α-hetero) is 1. The molecule has 0 unspecified atom stereocenters. The number of para-hydroxylation sites is 1. The first kappa shape index (κ1) is 25.2. The molecule has 2 aromatic carbocycles. The summed E-state index contributed by atoms with van der Waals surface area (Å²) in [7, 11) is 2.95. The third kappa shape index (κ3) is 4.78. The third-order valence-corrected chi connectivity index (χ3v) is 6.73. The van der Waals surface area contributed by atoms with E-state index < -0.39 is 17.9 Å². The van der Waals surface area contributed by atoms with Gasteiger partial charge in [0.1, 0.15) is 5.75 Å². The van der Waals surface area contributed by atoms with E-state index in [1.54, 1.807) is 31.4 Å². The van der Waals surface area contributed by atoms with Crippen molar-refractivity contribution in [2.45, 2.75) is 44.9 Å². The molecule has 4 rings (SSSR count). The van der Waals surface area contributed by atoms with E-state index in [-0.39, 0.29) is 11.7 Å². The molecule has 0 bridgehead atoms. The van der Waals surface area contributed by atoms with Gasteiger partial charge in [-0.1, -0.05) is 37.3 Å². The number of nitrogens with one attached hydrogen (secondary N) is 1. The summed E-state index contributed by atoms with van der Waals surface area (Å²) in [4.78, 5) is 38.9. The number of allylic oxidation sites excluding steroid dienone is 3. The Bertz CT molecular complexity index is 1240. The molecule has 2 aliphatic rings. The van der Waals surface area contributed by atoms with Crippen molar-refractivity contribution in [3.63, 3.8) is 0 Å². The van der Waals surface area contributed by atoms with Crippen molar-refractivity contribution in [3.05, 3.63) is 87.8 Å². The standard InChI is InChI=1S/C29H31NO6/c1-5-14-36-29(33)25-17(2)30-22-15-20(21-8-6-7-9-24(21)34-3)16-23(31)27(22)26(25)18-10-12-19(13-11-18)28(32)35-4/h6-13,20,26,30H,5,14-16H2,1-4H3/t20-,26+/m0/s1. The van der Waals surface area contributed by atoms with E-state index in [1.807, 2.05) is 38.1 Å². The van der Waals surface area contributed by atoms with E-state index in [0.29, 0.717) is 48.3 Å². The zero-order valence-corrected chi connectivity index (χ0v) is 21.1. The van der Waals surface area contributed by atoms with Crippen LogP contribution in [-0.4, -0.2) is 38.5 Å². The lowest BCUT2D eigenvalue weighted by molar-refractivity contribution is -0.139. The first-order chi connectivity index (χ1) is 17.4. The maximum atomic E-state index is 13.7. The number of carbonyl (C=O) groups is 3. The molecule has 36 heavy (non-hydrogen) atoms. The van der Waals surface area contributed by atoms with Crippen LogP contribution in [0.3, 0.4) is 0 Å². The summed E-state index contributed by atoms with van der Waals surface area (Å²) in [6, 6.07) is 14.6. The maximum absolute atomic E-state index is 13.7. The molecule has 1 N–H and O–H groups in total. The van der Waals surface area contributed by atoms with Gasteiger partial charge in [-0.25, -0.2) is 9.59 Å². The summed E-state index contributed by atoms with van der Waals surface area (Å²) >= 11 is 0. The fourth-order valence-electron chi connectivity index (χ4n) is 5.07. The quantitative estimate of drug-likeness (QED) is 0.559. The van der Waals surface area contributed by atoms with Gasteiger partial charge in [0.15, 0.2) is 5.78 Å². The summed E-state index contributed by atoms with van der Waals surface area (Å²) in [6.07, 6.45) is 1.60. The molecule has 7 nitrogen and oxygen atoms in total. The second-order valence-corrected chi connectivity index (χ2v) is 9.01. The van der Waals surface area contributed by atoms with Crippen LogP contribution in [0.2, 0.25) is 0 Å². The van der Waals surface area contributed by atoms with Gasteiger partial charge in [0.05, 0.1) is 32.0 Å². The Labute approximate surface area is 211 Å². The SMILES string of the molecule is CCCOC(=O)C1=C(C)NC2=C(C(=O)C[C@@H](c3ccccc3OC)C2)[C@@H]1c1ccc(C(=O)OC)cc1. The highest BCUT2D eigenvalue weighted by molar-refractivity contribution is 6.04. The van der Waals surface area contributed by atoms with Crippen LogP contribution in [0.15, 0.2) is 71.1 Å². The van der Waals surface area contributed by atoms with Crippen molar-refractivity contribution in [2.24, 2.45) is 0 Å². The maximum Gasteiger partial charge on any atom is 0.337 e. The molecule has 1 aliphatic carbocycles. The smallest absolute Gasteiger partial charge is 0.337 e. The van der Waals surface area contributed by atoms with Crippen molar-refractivity contribution in [2.75, 3.05) is 20.8 Å². The molecule has 188 valence electrons. The van der Waals surface area contributed by atoms with E-state index in [0.717, 1.165) is 22.6 Å². The minimum Gasteiger partial charge on any atom is -0.496 e. The largest absolute Gasteiger partial charge is 0.496 e. The third-order valence-electron chi connectivity index (χ3n) is 6.73. The predicted octanol–water partition coefficient (Wildman–Crippen LogP) is 4.80. The Morgan fingerprint density at radius 3 is 2.39 bits per heavy atom. The number of hydrogen-bond acceptors (Lipinski definition) is 7. The molecular weight excluding hydrogens is 458 g/mol. The van der Waals surface area contributed by atoms with E-state index in [2.05, 4.69) is 5.32 Å². The number of esters is 2. The molecule has 0 aromatic heterocycles. The van der Waals surface area contributed by atoms with Crippen LogP contribution >= 0.6 is 0 Å².